The zero-order chi connectivity index (χ0) is 21.0. The molecule has 1 aliphatic heterocycles. The number of esters is 1. The monoisotopic (exact) mass is 431 g/mol. The molecule has 1 heterocycles. The molecule has 2 aromatic rings. The molecule has 0 bridgehead atoms. The molecule has 0 aliphatic carbocycles. The molecule has 0 aromatic heterocycles. The molecule has 1 saturated heterocycles. The van der Waals surface area contributed by atoms with Gasteiger partial charge in [-0.3, -0.25) is 19.3 Å². The molecule has 6 nitrogen and oxygen atoms in total. The molecule has 8 heteroatoms. The van der Waals surface area contributed by atoms with Crippen LogP contribution in [0, 0.1) is 0 Å². The van der Waals surface area contributed by atoms with Crippen LogP contribution in [0.3, 0.4) is 0 Å². The lowest BCUT2D eigenvalue weighted by molar-refractivity contribution is -0.132. The van der Waals surface area contributed by atoms with Crippen LogP contribution in [0.2, 0.25) is 5.02 Å². The topological polar surface area (TPSA) is 72.9 Å². The van der Waals surface area contributed by atoms with Crippen molar-refractivity contribution in [3.05, 3.63) is 63.5 Å². The van der Waals surface area contributed by atoms with Crippen LogP contribution in [0.25, 0.3) is 6.08 Å². The Bertz CT molecular complexity index is 1000. The Labute approximate surface area is 177 Å². The average molecular weight is 432 g/mol. The van der Waals surface area contributed by atoms with Crippen LogP contribution in [0.5, 0.6) is 11.5 Å². The van der Waals surface area contributed by atoms with Gasteiger partial charge in [-0.15, -0.1) is 0 Å². The summed E-state index contributed by atoms with van der Waals surface area (Å²) >= 11 is 7.01. The Kier molecular flexibility index (Phi) is 6.61. The Morgan fingerprint density at radius 1 is 1.17 bits per heavy atom. The van der Waals surface area contributed by atoms with Crippen molar-refractivity contribution < 1.29 is 23.9 Å². The first-order valence-electron chi connectivity index (χ1n) is 8.83. The van der Waals surface area contributed by atoms with Crippen LogP contribution < -0.4 is 9.47 Å². The Morgan fingerprint density at radius 3 is 2.62 bits per heavy atom. The third-order valence-corrected chi connectivity index (χ3v) is 5.26. The van der Waals surface area contributed by atoms with E-state index in [0.29, 0.717) is 39.2 Å². The number of nitrogens with zero attached hydrogens (tertiary/aromatic N) is 1. The summed E-state index contributed by atoms with van der Waals surface area (Å²) < 4.78 is 10.6. The van der Waals surface area contributed by atoms with Crippen molar-refractivity contribution in [3.8, 4) is 11.5 Å². The lowest BCUT2D eigenvalue weighted by atomic mass is 10.1. The van der Waals surface area contributed by atoms with Crippen molar-refractivity contribution >= 4 is 46.6 Å². The van der Waals surface area contributed by atoms with E-state index < -0.39 is 5.97 Å². The molecule has 0 N–H and O–H groups in total. The molecular weight excluding hydrogens is 414 g/mol. The second-order valence-corrected chi connectivity index (χ2v) is 7.49. The minimum atomic E-state index is -0.459. The first kappa shape index (κ1) is 21.0. The maximum atomic E-state index is 12.7. The van der Waals surface area contributed by atoms with Crippen molar-refractivity contribution in [2.24, 2.45) is 0 Å². The number of halogens is 1. The number of imide groups is 1. The molecule has 0 saturated carbocycles. The highest BCUT2D eigenvalue weighted by molar-refractivity contribution is 8.18. The fourth-order valence-electron chi connectivity index (χ4n) is 2.71. The van der Waals surface area contributed by atoms with Gasteiger partial charge in [0.05, 0.1) is 18.1 Å². The smallest absolute Gasteiger partial charge is 0.308 e. The van der Waals surface area contributed by atoms with Gasteiger partial charge >= 0.3 is 5.97 Å². The Hall–Kier alpha value is -2.77. The molecule has 2 amide bonds. The highest BCUT2D eigenvalue weighted by Crippen LogP contribution is 2.36. The molecule has 0 unspecified atom stereocenters. The molecule has 150 valence electrons. The highest BCUT2D eigenvalue weighted by atomic mass is 35.5. The van der Waals surface area contributed by atoms with Gasteiger partial charge in [0.15, 0.2) is 11.5 Å². The summed E-state index contributed by atoms with van der Waals surface area (Å²) in [5.41, 5.74) is 1.34. The minimum Gasteiger partial charge on any atom is -0.490 e. The number of thioether (sulfide) groups is 1. The average Bonchev–Trinajstić information content (AvgIpc) is 2.93. The van der Waals surface area contributed by atoms with Crippen molar-refractivity contribution in [1.29, 1.82) is 0 Å². The van der Waals surface area contributed by atoms with E-state index in [4.69, 9.17) is 21.1 Å². The zero-order valence-electron chi connectivity index (χ0n) is 15.8. The van der Waals surface area contributed by atoms with Crippen LogP contribution in [-0.4, -0.2) is 28.6 Å². The van der Waals surface area contributed by atoms with Crippen molar-refractivity contribution in [2.45, 2.75) is 20.4 Å². The predicted molar refractivity (Wildman–Crippen MR) is 112 cm³/mol. The number of hydrogen-bond donors (Lipinski definition) is 0. The molecule has 1 fully saturated rings. The second kappa shape index (κ2) is 9.15. The van der Waals surface area contributed by atoms with Gasteiger partial charge in [0.25, 0.3) is 11.1 Å². The van der Waals surface area contributed by atoms with Crippen LogP contribution in [0.1, 0.15) is 25.0 Å². The molecule has 29 heavy (non-hydrogen) atoms. The van der Waals surface area contributed by atoms with Crippen molar-refractivity contribution in [2.75, 3.05) is 6.61 Å². The largest absolute Gasteiger partial charge is 0.490 e. The lowest BCUT2D eigenvalue weighted by Crippen LogP contribution is -2.27. The number of amides is 2. The second-order valence-electron chi connectivity index (χ2n) is 6.09. The van der Waals surface area contributed by atoms with E-state index in [-0.39, 0.29) is 17.7 Å². The van der Waals surface area contributed by atoms with Gasteiger partial charge in [0, 0.05) is 11.9 Å². The Balaban J connectivity index is 1.84. The summed E-state index contributed by atoms with van der Waals surface area (Å²) in [6.45, 7) is 3.60. The van der Waals surface area contributed by atoms with E-state index in [0.717, 1.165) is 16.7 Å². The number of carbonyl (C=O) groups excluding carboxylic acids is 3. The number of benzene rings is 2. The van der Waals surface area contributed by atoms with Gasteiger partial charge in [-0.25, -0.2) is 0 Å². The third-order valence-electron chi connectivity index (χ3n) is 3.98. The summed E-state index contributed by atoms with van der Waals surface area (Å²) in [6, 6.07) is 12.0. The third kappa shape index (κ3) is 4.99. The molecular formula is C21H18ClNO5S. The predicted octanol–water partition coefficient (Wildman–Crippen LogP) is 4.90. The molecule has 3 rings (SSSR count). The van der Waals surface area contributed by atoms with E-state index in [1.54, 1.807) is 48.5 Å². The van der Waals surface area contributed by atoms with Gasteiger partial charge in [-0.1, -0.05) is 35.9 Å². The lowest BCUT2D eigenvalue weighted by Gasteiger charge is -2.13. The maximum Gasteiger partial charge on any atom is 0.308 e. The molecule has 0 radical (unpaired) electrons. The van der Waals surface area contributed by atoms with Crippen molar-refractivity contribution in [3.63, 3.8) is 0 Å². The summed E-state index contributed by atoms with van der Waals surface area (Å²) in [5, 5.41) is 0.140. The van der Waals surface area contributed by atoms with E-state index in [9.17, 15) is 14.4 Å². The summed E-state index contributed by atoms with van der Waals surface area (Å²) in [5.74, 6) is -0.170. The summed E-state index contributed by atoms with van der Waals surface area (Å²) in [7, 11) is 0. The van der Waals surface area contributed by atoms with Crippen LogP contribution >= 0.6 is 23.4 Å². The SMILES string of the molecule is CCOc1cc(/C=C2\SC(=O)N(Cc3ccccc3Cl)C2=O)ccc1OC(C)=O. The zero-order valence-corrected chi connectivity index (χ0v) is 17.4. The quantitative estimate of drug-likeness (QED) is 0.368. The highest BCUT2D eigenvalue weighted by Gasteiger charge is 2.35. The first-order chi connectivity index (χ1) is 13.9. The van der Waals surface area contributed by atoms with Gasteiger partial charge in [-0.05, 0) is 54.1 Å². The molecule has 1 aliphatic rings. The van der Waals surface area contributed by atoms with E-state index in [1.165, 1.54) is 6.92 Å². The molecule has 0 atom stereocenters. The molecule has 0 spiro atoms. The van der Waals surface area contributed by atoms with Gasteiger partial charge in [0.2, 0.25) is 0 Å². The fraction of sp³-hybridized carbons (Fsp3) is 0.190. The Morgan fingerprint density at radius 2 is 1.93 bits per heavy atom. The van der Waals surface area contributed by atoms with Gasteiger partial charge in [0.1, 0.15) is 0 Å². The van der Waals surface area contributed by atoms with Crippen LogP contribution in [-0.2, 0) is 16.1 Å². The number of carbonyl (C=O) groups is 3. The van der Waals surface area contributed by atoms with E-state index in [1.807, 2.05) is 6.92 Å². The van der Waals surface area contributed by atoms with Crippen molar-refractivity contribution in [1.82, 2.24) is 4.90 Å². The van der Waals surface area contributed by atoms with Gasteiger partial charge in [-0.2, -0.15) is 0 Å². The van der Waals surface area contributed by atoms with E-state index >= 15 is 0 Å². The normalized spacial score (nSPS) is 15.1. The first-order valence-corrected chi connectivity index (χ1v) is 10.0. The standard InChI is InChI=1S/C21H18ClNO5S/c1-3-27-18-10-14(8-9-17(18)28-13(2)24)11-19-20(25)23(21(26)29-19)12-15-6-4-5-7-16(15)22/h4-11H,3,12H2,1-2H3/b19-11-. The van der Waals surface area contributed by atoms with E-state index in [2.05, 4.69) is 0 Å². The number of hydrogen-bond acceptors (Lipinski definition) is 6. The van der Waals surface area contributed by atoms with Crippen LogP contribution in [0.4, 0.5) is 4.79 Å². The number of rotatable bonds is 6. The number of ether oxygens (including phenoxy) is 2. The minimum absolute atomic E-state index is 0.108. The summed E-state index contributed by atoms with van der Waals surface area (Å²) in [4.78, 5) is 37.8. The van der Waals surface area contributed by atoms with Gasteiger partial charge < -0.3 is 9.47 Å². The molecule has 2 aromatic carbocycles. The summed E-state index contributed by atoms with van der Waals surface area (Å²) in [6.07, 6.45) is 1.61. The fourth-order valence-corrected chi connectivity index (χ4v) is 3.74. The maximum absolute atomic E-state index is 12.7. The van der Waals surface area contributed by atoms with Crippen LogP contribution in [0.15, 0.2) is 47.4 Å².